The largest absolute Gasteiger partial charge is 0.457 e. The number of carbonyl (C=O) groups is 1. The van der Waals surface area contributed by atoms with Crippen LogP contribution in [0, 0.1) is 0 Å². The Labute approximate surface area is 137 Å². The van der Waals surface area contributed by atoms with E-state index >= 15 is 0 Å². The van der Waals surface area contributed by atoms with Crippen molar-refractivity contribution in [2.45, 2.75) is 17.9 Å². The van der Waals surface area contributed by atoms with Crippen LogP contribution in [0.1, 0.15) is 17.3 Å². The smallest absolute Gasteiger partial charge is 0.341 e. The molecule has 0 amide bonds. The summed E-state index contributed by atoms with van der Waals surface area (Å²) >= 11 is 17.6. The number of hydrogen-bond acceptors (Lipinski definition) is 5. The fraction of sp³-hybridized carbons (Fsp3) is 0.364. The molecule has 0 saturated heterocycles. The van der Waals surface area contributed by atoms with Crippen molar-refractivity contribution in [3.8, 4) is 0 Å². The summed E-state index contributed by atoms with van der Waals surface area (Å²) in [4.78, 5) is 11.6. The molecule has 10 heteroatoms. The van der Waals surface area contributed by atoms with Gasteiger partial charge in [-0.1, -0.05) is 34.8 Å². The van der Waals surface area contributed by atoms with Gasteiger partial charge in [-0.25, -0.2) is 18.4 Å². The maximum atomic E-state index is 12.1. The number of rotatable bonds is 5. The molecular formula is C11H12Cl3NO5S. The molecule has 118 valence electrons. The number of esters is 1. The highest BCUT2D eigenvalue weighted by molar-refractivity contribution is 7.89. The fourth-order valence-corrected chi connectivity index (χ4v) is 3.20. The van der Waals surface area contributed by atoms with Crippen LogP contribution in [0.25, 0.3) is 0 Å². The molecule has 0 spiro atoms. The van der Waals surface area contributed by atoms with E-state index in [0.29, 0.717) is 0 Å². The Bertz CT molecular complexity index is 662. The summed E-state index contributed by atoms with van der Waals surface area (Å²) in [7, 11) is -2.74. The first-order valence-corrected chi connectivity index (χ1v) is 8.17. The Kier molecular flexibility index (Phi) is 6.27. The van der Waals surface area contributed by atoms with Crippen LogP contribution in [0.4, 0.5) is 0 Å². The summed E-state index contributed by atoms with van der Waals surface area (Å²) in [6.45, 7) is 1.72. The lowest BCUT2D eigenvalue weighted by molar-refractivity contribution is 0.0120. The number of sulfonamides is 1. The molecule has 0 saturated carbocycles. The third-order valence-electron chi connectivity index (χ3n) is 2.34. The quantitative estimate of drug-likeness (QED) is 0.629. The minimum Gasteiger partial charge on any atom is -0.457 e. The minimum atomic E-state index is -4.17. The Morgan fingerprint density at radius 2 is 1.90 bits per heavy atom. The predicted molar refractivity (Wildman–Crippen MR) is 79.6 cm³/mol. The summed E-state index contributed by atoms with van der Waals surface area (Å²) in [6, 6.07) is 0.969. The minimum absolute atomic E-state index is 0.142. The first-order valence-electron chi connectivity index (χ1n) is 5.49. The van der Waals surface area contributed by atoms with Gasteiger partial charge in [-0.2, -0.15) is 0 Å². The Morgan fingerprint density at radius 1 is 1.33 bits per heavy atom. The summed E-state index contributed by atoms with van der Waals surface area (Å²) < 4.78 is 32.7. The van der Waals surface area contributed by atoms with Crippen molar-refractivity contribution in [1.82, 2.24) is 0 Å². The zero-order chi connectivity index (χ0) is 16.4. The fourth-order valence-electron chi connectivity index (χ4n) is 1.48. The Hall–Kier alpha value is -0.570. The van der Waals surface area contributed by atoms with E-state index < -0.39 is 32.0 Å². The number of benzene rings is 1. The Balaban J connectivity index is 3.36. The lowest BCUT2D eigenvalue weighted by Gasteiger charge is -2.15. The van der Waals surface area contributed by atoms with Crippen LogP contribution in [0.15, 0.2) is 11.0 Å². The highest BCUT2D eigenvalue weighted by Gasteiger charge is 2.27. The van der Waals surface area contributed by atoms with Gasteiger partial charge in [0.1, 0.15) is 11.0 Å². The normalized spacial score (nSPS) is 13.0. The van der Waals surface area contributed by atoms with Crippen LogP contribution in [0.2, 0.25) is 15.1 Å². The monoisotopic (exact) mass is 375 g/mol. The summed E-state index contributed by atoms with van der Waals surface area (Å²) in [6.07, 6.45) is -0.591. The van der Waals surface area contributed by atoms with Crippen molar-refractivity contribution < 1.29 is 22.7 Å². The van der Waals surface area contributed by atoms with Crippen LogP contribution >= 0.6 is 34.8 Å². The van der Waals surface area contributed by atoms with Gasteiger partial charge in [0.15, 0.2) is 0 Å². The molecule has 0 bridgehead atoms. The molecule has 0 heterocycles. The second kappa shape index (κ2) is 7.13. The highest BCUT2D eigenvalue weighted by Crippen LogP contribution is 2.36. The first-order chi connectivity index (χ1) is 9.59. The SMILES string of the molecule is COCC(C)OC(=O)c1c(Cl)c(Cl)cc(S(N)(=O)=O)c1Cl. The van der Waals surface area contributed by atoms with Gasteiger partial charge >= 0.3 is 5.97 Å². The predicted octanol–water partition coefficient (Wildman–Crippen LogP) is 2.49. The van der Waals surface area contributed by atoms with E-state index in [4.69, 9.17) is 49.4 Å². The summed E-state index contributed by atoms with van der Waals surface area (Å²) in [5.41, 5.74) is -0.363. The molecule has 0 aliphatic heterocycles. The molecule has 0 fully saturated rings. The van der Waals surface area contributed by atoms with Gasteiger partial charge in [0, 0.05) is 7.11 Å². The number of carbonyl (C=O) groups excluding carboxylic acids is 1. The number of hydrogen-bond donors (Lipinski definition) is 1. The number of methoxy groups -OCH3 is 1. The molecule has 6 nitrogen and oxygen atoms in total. The van der Waals surface area contributed by atoms with Crippen molar-refractivity contribution >= 4 is 50.8 Å². The zero-order valence-corrected chi connectivity index (χ0v) is 14.1. The zero-order valence-electron chi connectivity index (χ0n) is 11.0. The van der Waals surface area contributed by atoms with E-state index in [1.54, 1.807) is 6.92 Å². The van der Waals surface area contributed by atoms with E-state index in [0.717, 1.165) is 6.07 Å². The number of halogens is 3. The molecule has 21 heavy (non-hydrogen) atoms. The third kappa shape index (κ3) is 4.45. The van der Waals surface area contributed by atoms with Crippen molar-refractivity contribution in [3.63, 3.8) is 0 Å². The van der Waals surface area contributed by atoms with Gasteiger partial charge in [-0.05, 0) is 13.0 Å². The molecule has 1 aromatic carbocycles. The van der Waals surface area contributed by atoms with Gasteiger partial charge in [-0.3, -0.25) is 0 Å². The maximum absolute atomic E-state index is 12.1. The lowest BCUT2D eigenvalue weighted by atomic mass is 10.2. The molecule has 1 rings (SSSR count). The number of nitrogens with two attached hydrogens (primary N) is 1. The number of ether oxygens (including phenoxy) is 2. The molecule has 1 unspecified atom stereocenters. The molecule has 0 aliphatic carbocycles. The van der Waals surface area contributed by atoms with E-state index in [1.165, 1.54) is 7.11 Å². The van der Waals surface area contributed by atoms with E-state index in [9.17, 15) is 13.2 Å². The van der Waals surface area contributed by atoms with Crippen LogP contribution in [0.3, 0.4) is 0 Å². The molecule has 1 atom stereocenters. The van der Waals surface area contributed by atoms with E-state index in [-0.39, 0.29) is 22.2 Å². The molecule has 2 N–H and O–H groups in total. The second-order valence-electron chi connectivity index (χ2n) is 4.08. The summed E-state index contributed by atoms with van der Waals surface area (Å²) in [5.74, 6) is -0.929. The van der Waals surface area contributed by atoms with Crippen LogP contribution in [-0.4, -0.2) is 34.2 Å². The molecular weight excluding hydrogens is 365 g/mol. The van der Waals surface area contributed by atoms with Gasteiger partial charge < -0.3 is 9.47 Å². The van der Waals surface area contributed by atoms with E-state index in [1.807, 2.05) is 0 Å². The lowest BCUT2D eigenvalue weighted by Crippen LogP contribution is -2.21. The maximum Gasteiger partial charge on any atom is 0.341 e. The van der Waals surface area contributed by atoms with Crippen LogP contribution < -0.4 is 5.14 Å². The summed E-state index contributed by atoms with van der Waals surface area (Å²) in [5, 5.41) is 4.16. The van der Waals surface area contributed by atoms with E-state index in [2.05, 4.69) is 0 Å². The van der Waals surface area contributed by atoms with Crippen molar-refractivity contribution in [3.05, 3.63) is 26.7 Å². The van der Waals surface area contributed by atoms with Crippen LogP contribution in [-0.2, 0) is 19.5 Å². The molecule has 1 aromatic rings. The first kappa shape index (κ1) is 18.5. The Morgan fingerprint density at radius 3 is 2.38 bits per heavy atom. The topological polar surface area (TPSA) is 95.7 Å². The third-order valence-corrected chi connectivity index (χ3v) is 4.57. The molecule has 0 aromatic heterocycles. The second-order valence-corrected chi connectivity index (χ2v) is 6.77. The molecule has 0 aliphatic rings. The van der Waals surface area contributed by atoms with Crippen molar-refractivity contribution in [2.75, 3.05) is 13.7 Å². The van der Waals surface area contributed by atoms with Crippen molar-refractivity contribution in [1.29, 1.82) is 0 Å². The molecule has 0 radical (unpaired) electrons. The highest BCUT2D eigenvalue weighted by atomic mass is 35.5. The standard InChI is InChI=1S/C11H12Cl3NO5S/c1-5(4-19-2)20-11(16)8-9(13)6(12)3-7(10(8)14)21(15,17)18/h3,5H,4H2,1-2H3,(H2,15,17,18). The van der Waals surface area contributed by atoms with Crippen molar-refractivity contribution in [2.24, 2.45) is 5.14 Å². The average Bonchev–Trinajstić information content (AvgIpc) is 2.32. The number of primary sulfonamides is 1. The van der Waals surface area contributed by atoms with Gasteiger partial charge in [0.2, 0.25) is 10.0 Å². The van der Waals surface area contributed by atoms with Gasteiger partial charge in [-0.15, -0.1) is 0 Å². The van der Waals surface area contributed by atoms with Gasteiger partial charge in [0.05, 0.1) is 27.2 Å². The average molecular weight is 377 g/mol. The van der Waals surface area contributed by atoms with Gasteiger partial charge in [0.25, 0.3) is 0 Å². The van der Waals surface area contributed by atoms with Crippen LogP contribution in [0.5, 0.6) is 0 Å².